The second-order valence-electron chi connectivity index (χ2n) is 8.30. The number of carbonyl (C=O) groups is 1. The molecule has 0 unspecified atom stereocenters. The molecule has 178 valence electrons. The number of ketones is 1. The van der Waals surface area contributed by atoms with E-state index in [1.165, 1.54) is 6.07 Å². The van der Waals surface area contributed by atoms with Gasteiger partial charge in [0, 0.05) is 48.6 Å². The lowest BCUT2D eigenvalue weighted by atomic mass is 9.92. The molecule has 0 saturated carbocycles. The molecule has 2 aromatic carbocycles. The third kappa shape index (κ3) is 6.52. The first-order valence-electron chi connectivity index (χ1n) is 11.2. The molecule has 1 aliphatic rings. The van der Waals surface area contributed by atoms with E-state index in [1.54, 1.807) is 18.3 Å². The van der Waals surface area contributed by atoms with Gasteiger partial charge in [-0.3, -0.25) is 9.78 Å². The fraction of sp³-hybridized carbons (Fsp3) is 0.308. The molecule has 8 heteroatoms. The van der Waals surface area contributed by atoms with Gasteiger partial charge in [-0.1, -0.05) is 35.9 Å². The molecule has 5 nitrogen and oxygen atoms in total. The minimum atomic E-state index is -2.86. The van der Waals surface area contributed by atoms with Gasteiger partial charge in [0.25, 0.3) is 0 Å². The summed E-state index contributed by atoms with van der Waals surface area (Å²) in [5.74, 6) is 0.353. The van der Waals surface area contributed by atoms with Crippen LogP contribution in [0.15, 0.2) is 60.8 Å². The van der Waals surface area contributed by atoms with Gasteiger partial charge in [-0.05, 0) is 60.8 Å². The fourth-order valence-corrected chi connectivity index (χ4v) is 4.29. The highest BCUT2D eigenvalue weighted by molar-refractivity contribution is 6.33. The Labute approximate surface area is 202 Å². The quantitative estimate of drug-likeness (QED) is 0.405. The van der Waals surface area contributed by atoms with Crippen molar-refractivity contribution < 1.29 is 18.3 Å². The van der Waals surface area contributed by atoms with E-state index in [2.05, 4.69) is 20.4 Å². The van der Waals surface area contributed by atoms with Gasteiger partial charge < -0.3 is 15.4 Å². The van der Waals surface area contributed by atoms with Gasteiger partial charge in [0.15, 0.2) is 0 Å². The number of halogens is 3. The molecular formula is C26H26ClF2N3O2. The highest BCUT2D eigenvalue weighted by Gasteiger charge is 2.21. The number of pyridine rings is 1. The zero-order valence-corrected chi connectivity index (χ0v) is 19.3. The van der Waals surface area contributed by atoms with Crippen LogP contribution in [-0.2, 0) is 17.8 Å². The zero-order valence-electron chi connectivity index (χ0n) is 18.6. The number of carbonyl (C=O) groups excluding carboxylic acids is 1. The zero-order chi connectivity index (χ0) is 23.9. The molecule has 0 bridgehead atoms. The monoisotopic (exact) mass is 485 g/mol. The van der Waals surface area contributed by atoms with Gasteiger partial charge >= 0.3 is 6.61 Å². The molecule has 1 fully saturated rings. The number of anilines is 1. The fourth-order valence-electron chi connectivity index (χ4n) is 4.08. The first kappa shape index (κ1) is 24.1. The van der Waals surface area contributed by atoms with E-state index in [9.17, 15) is 13.6 Å². The Morgan fingerprint density at radius 2 is 2.06 bits per heavy atom. The molecule has 0 spiro atoms. The minimum Gasteiger partial charge on any atom is -0.435 e. The van der Waals surface area contributed by atoms with Gasteiger partial charge in [0.05, 0.1) is 5.02 Å². The Balaban J connectivity index is 1.45. The number of hydrogen-bond donors (Lipinski definition) is 2. The van der Waals surface area contributed by atoms with Gasteiger partial charge in [-0.25, -0.2) is 0 Å². The van der Waals surface area contributed by atoms with Crippen molar-refractivity contribution in [3.05, 3.63) is 77.1 Å². The first-order valence-corrected chi connectivity index (χ1v) is 11.6. The summed E-state index contributed by atoms with van der Waals surface area (Å²) < 4.78 is 29.4. The van der Waals surface area contributed by atoms with Crippen LogP contribution in [0.5, 0.6) is 5.75 Å². The lowest BCUT2D eigenvalue weighted by Crippen LogP contribution is -2.35. The topological polar surface area (TPSA) is 63.2 Å². The Bertz CT molecular complexity index is 1140. The van der Waals surface area contributed by atoms with Crippen molar-refractivity contribution in [2.24, 2.45) is 5.92 Å². The Morgan fingerprint density at radius 3 is 2.85 bits per heavy atom. The molecule has 2 heterocycles. The van der Waals surface area contributed by atoms with Crippen LogP contribution in [0.25, 0.3) is 11.1 Å². The minimum absolute atomic E-state index is 0.0341. The molecule has 1 atom stereocenters. The lowest BCUT2D eigenvalue weighted by molar-refractivity contribution is -0.122. The van der Waals surface area contributed by atoms with Gasteiger partial charge in [-0.15, -0.1) is 0 Å². The van der Waals surface area contributed by atoms with Crippen molar-refractivity contribution in [1.82, 2.24) is 10.3 Å². The normalized spacial score (nSPS) is 15.8. The molecule has 0 aliphatic carbocycles. The number of alkyl halides is 2. The van der Waals surface area contributed by atoms with Crippen LogP contribution in [0.1, 0.15) is 24.1 Å². The van der Waals surface area contributed by atoms with Crippen LogP contribution in [-0.4, -0.2) is 30.5 Å². The summed E-state index contributed by atoms with van der Waals surface area (Å²) in [5, 5.41) is 7.08. The van der Waals surface area contributed by atoms with Gasteiger partial charge in [0.2, 0.25) is 0 Å². The Morgan fingerprint density at radius 1 is 1.21 bits per heavy atom. The van der Waals surface area contributed by atoms with Crippen molar-refractivity contribution in [2.75, 3.05) is 18.4 Å². The highest BCUT2D eigenvalue weighted by Crippen LogP contribution is 2.30. The summed E-state index contributed by atoms with van der Waals surface area (Å²) in [6, 6.07) is 16.2. The van der Waals surface area contributed by atoms with E-state index < -0.39 is 6.61 Å². The molecule has 3 aromatic rings. The van der Waals surface area contributed by atoms with E-state index in [0.717, 1.165) is 48.3 Å². The average molecular weight is 486 g/mol. The number of nitrogens with zero attached hydrogens (tertiary/aromatic N) is 1. The second-order valence-corrected chi connectivity index (χ2v) is 8.71. The number of hydrogen-bond acceptors (Lipinski definition) is 5. The van der Waals surface area contributed by atoms with Crippen LogP contribution in [0.3, 0.4) is 0 Å². The smallest absolute Gasteiger partial charge is 0.387 e. The predicted octanol–water partition coefficient (Wildman–Crippen LogP) is 5.73. The van der Waals surface area contributed by atoms with Crippen LogP contribution in [0.4, 0.5) is 14.5 Å². The van der Waals surface area contributed by atoms with Crippen molar-refractivity contribution in [3.63, 3.8) is 0 Å². The van der Waals surface area contributed by atoms with E-state index in [1.807, 2.05) is 36.4 Å². The lowest BCUT2D eigenvalue weighted by Gasteiger charge is -2.21. The van der Waals surface area contributed by atoms with Crippen LogP contribution >= 0.6 is 11.6 Å². The molecule has 2 N–H and O–H groups in total. The molecule has 1 aromatic heterocycles. The van der Waals surface area contributed by atoms with Crippen molar-refractivity contribution in [2.45, 2.75) is 32.4 Å². The maximum atomic E-state index is 12.7. The van der Waals surface area contributed by atoms with Crippen LogP contribution in [0, 0.1) is 5.92 Å². The van der Waals surface area contributed by atoms with E-state index >= 15 is 0 Å². The molecule has 4 rings (SSSR count). The van der Waals surface area contributed by atoms with Gasteiger partial charge in [-0.2, -0.15) is 8.78 Å². The number of nitrogens with one attached hydrogen (secondary N) is 2. The molecule has 0 amide bonds. The number of Topliss-reactive ketones (excluding diaryl/α,β-unsaturated/α-hetero) is 1. The molecule has 1 aliphatic heterocycles. The molecular weight excluding hydrogens is 460 g/mol. The molecule has 1 saturated heterocycles. The second kappa shape index (κ2) is 11.4. The Kier molecular flexibility index (Phi) is 8.08. The van der Waals surface area contributed by atoms with Crippen LogP contribution in [0.2, 0.25) is 5.02 Å². The third-order valence-electron chi connectivity index (χ3n) is 5.81. The van der Waals surface area contributed by atoms with Crippen molar-refractivity contribution in [3.8, 4) is 16.9 Å². The first-order chi connectivity index (χ1) is 16.5. The number of ether oxygens (including phenoxy) is 1. The van der Waals surface area contributed by atoms with Crippen molar-refractivity contribution in [1.29, 1.82) is 0 Å². The number of aromatic nitrogens is 1. The van der Waals surface area contributed by atoms with Crippen molar-refractivity contribution >= 4 is 23.1 Å². The van der Waals surface area contributed by atoms with E-state index in [0.29, 0.717) is 17.3 Å². The summed E-state index contributed by atoms with van der Waals surface area (Å²) in [4.78, 5) is 17.1. The summed E-state index contributed by atoms with van der Waals surface area (Å²) in [6.07, 6.45) is 3.80. The number of benzene rings is 2. The summed E-state index contributed by atoms with van der Waals surface area (Å²) in [5.41, 5.74) is 4.04. The highest BCUT2D eigenvalue weighted by atomic mass is 35.5. The van der Waals surface area contributed by atoms with Crippen LogP contribution < -0.4 is 15.4 Å². The Hall–Kier alpha value is -3.03. The molecule has 0 radical (unpaired) electrons. The van der Waals surface area contributed by atoms with Gasteiger partial charge in [0.1, 0.15) is 11.5 Å². The molecule has 34 heavy (non-hydrogen) atoms. The summed E-state index contributed by atoms with van der Waals surface area (Å²) in [6.45, 7) is -0.732. The maximum absolute atomic E-state index is 12.7. The number of piperidine rings is 1. The third-order valence-corrected chi connectivity index (χ3v) is 6.11. The van der Waals surface area contributed by atoms with E-state index in [-0.39, 0.29) is 23.9 Å². The maximum Gasteiger partial charge on any atom is 0.387 e. The largest absolute Gasteiger partial charge is 0.435 e. The standard InChI is InChI=1S/C26H26ClF2N3O2/c27-24-16-32-21(13-25(33)19-6-3-9-30-15-19)12-23(24)18-5-2-7-20(11-18)31-14-17-4-1-8-22(10-17)34-26(28)29/h1-2,4-5,7-8,10-12,16,19,26,30-31H,3,6,9,13-15H2/t19-/m1/s1. The van der Waals surface area contributed by atoms with E-state index in [4.69, 9.17) is 11.6 Å². The summed E-state index contributed by atoms with van der Waals surface area (Å²) in [7, 11) is 0. The summed E-state index contributed by atoms with van der Waals surface area (Å²) >= 11 is 6.45. The number of rotatable bonds is 9. The SMILES string of the molecule is O=C(Cc1cc(-c2cccc(NCc3cccc(OC(F)F)c3)c2)c(Cl)cn1)[C@@H]1CCCNC1. The predicted molar refractivity (Wildman–Crippen MR) is 129 cm³/mol. The average Bonchev–Trinajstić information content (AvgIpc) is 2.84.